The van der Waals surface area contributed by atoms with Crippen molar-refractivity contribution in [3.63, 3.8) is 0 Å². The molecule has 0 saturated carbocycles. The number of aliphatic hydroxyl groups is 1. The van der Waals surface area contributed by atoms with Crippen molar-refractivity contribution < 1.29 is 9.84 Å². The van der Waals surface area contributed by atoms with E-state index >= 15 is 0 Å². The first-order chi connectivity index (χ1) is 6.29. The van der Waals surface area contributed by atoms with Crippen LogP contribution in [-0.4, -0.2) is 34.9 Å². The second-order valence-electron chi connectivity index (χ2n) is 4.20. The Labute approximate surface area is 84.0 Å². The molecule has 2 heterocycles. The van der Waals surface area contributed by atoms with Crippen LogP contribution in [-0.2, 0) is 4.74 Å². The molecule has 0 aromatic heterocycles. The van der Waals surface area contributed by atoms with E-state index in [2.05, 4.69) is 0 Å². The first-order valence-electron chi connectivity index (χ1n) is 5.20. The maximum atomic E-state index is 10.1. The van der Waals surface area contributed by atoms with Crippen LogP contribution in [0, 0.1) is 0 Å². The lowest BCUT2D eigenvalue weighted by molar-refractivity contribution is 0.0310. The van der Waals surface area contributed by atoms with Crippen molar-refractivity contribution in [1.29, 1.82) is 0 Å². The molecule has 2 nitrogen and oxygen atoms in total. The van der Waals surface area contributed by atoms with Gasteiger partial charge in [-0.1, -0.05) is 0 Å². The highest BCUT2D eigenvalue weighted by atomic mass is 32.2. The zero-order valence-electron chi connectivity index (χ0n) is 8.00. The topological polar surface area (TPSA) is 29.5 Å². The van der Waals surface area contributed by atoms with E-state index in [0.717, 1.165) is 37.4 Å². The monoisotopic (exact) mass is 202 g/mol. The minimum atomic E-state index is -0.364. The highest BCUT2D eigenvalue weighted by Gasteiger charge is 2.32. The molecule has 0 bridgehead atoms. The first-order valence-corrected chi connectivity index (χ1v) is 6.36. The number of hydrogen-bond acceptors (Lipinski definition) is 3. The lowest BCUT2D eigenvalue weighted by Crippen LogP contribution is -2.29. The fourth-order valence-electron chi connectivity index (χ4n) is 2.10. The molecule has 2 aliphatic rings. The summed E-state index contributed by atoms with van der Waals surface area (Å²) in [6.07, 6.45) is 5.81. The van der Waals surface area contributed by atoms with Crippen molar-refractivity contribution >= 4 is 11.8 Å². The molecule has 2 rings (SSSR count). The van der Waals surface area contributed by atoms with Gasteiger partial charge in [0.25, 0.3) is 0 Å². The predicted molar refractivity (Wildman–Crippen MR) is 55.1 cm³/mol. The Balaban J connectivity index is 1.71. The van der Waals surface area contributed by atoms with E-state index in [1.165, 1.54) is 12.8 Å². The summed E-state index contributed by atoms with van der Waals surface area (Å²) in [5, 5.41) is 10.1. The molecular formula is C10H18O2S. The average molecular weight is 202 g/mol. The number of rotatable bonds is 3. The van der Waals surface area contributed by atoms with Gasteiger partial charge in [0, 0.05) is 12.4 Å². The molecule has 0 aliphatic carbocycles. The Morgan fingerprint density at radius 1 is 1.54 bits per heavy atom. The molecule has 2 saturated heterocycles. The number of hydrogen-bond donors (Lipinski definition) is 1. The first kappa shape index (κ1) is 9.81. The summed E-state index contributed by atoms with van der Waals surface area (Å²) in [6.45, 7) is 0.928. The van der Waals surface area contributed by atoms with Crippen LogP contribution >= 0.6 is 11.8 Å². The molecule has 0 spiro atoms. The second-order valence-corrected chi connectivity index (χ2v) is 5.31. The Morgan fingerprint density at radius 3 is 3.08 bits per heavy atom. The summed E-state index contributed by atoms with van der Waals surface area (Å²) in [5.74, 6) is 2.06. The minimum absolute atomic E-state index is 0.364. The molecule has 2 aliphatic heterocycles. The van der Waals surface area contributed by atoms with E-state index in [0.29, 0.717) is 6.10 Å². The quantitative estimate of drug-likeness (QED) is 0.757. The third-order valence-corrected chi connectivity index (χ3v) is 4.27. The maximum absolute atomic E-state index is 10.1. The third-order valence-electron chi connectivity index (χ3n) is 3.04. The summed E-state index contributed by atoms with van der Waals surface area (Å²) < 4.78 is 5.54. The maximum Gasteiger partial charge on any atom is 0.0746 e. The molecule has 0 aromatic carbocycles. The smallest absolute Gasteiger partial charge is 0.0746 e. The molecule has 2 atom stereocenters. The van der Waals surface area contributed by atoms with Gasteiger partial charge >= 0.3 is 0 Å². The Bertz CT molecular complexity index is 160. The normalized spacial score (nSPS) is 39.9. The van der Waals surface area contributed by atoms with Crippen LogP contribution in [0.2, 0.25) is 0 Å². The van der Waals surface area contributed by atoms with Crippen LogP contribution in [0.3, 0.4) is 0 Å². The highest BCUT2D eigenvalue weighted by Crippen LogP contribution is 2.33. The predicted octanol–water partition coefficient (Wildman–Crippen LogP) is 1.81. The van der Waals surface area contributed by atoms with Crippen LogP contribution < -0.4 is 0 Å². The number of ether oxygens (including phenoxy) is 1. The van der Waals surface area contributed by atoms with Gasteiger partial charge < -0.3 is 9.84 Å². The molecule has 3 heteroatoms. The molecule has 76 valence electrons. The van der Waals surface area contributed by atoms with Gasteiger partial charge in [-0.15, -0.1) is 0 Å². The summed E-state index contributed by atoms with van der Waals surface area (Å²) in [4.78, 5) is 0. The SMILES string of the molecule is OC1(CCC2CCCO2)CCSC1. The van der Waals surface area contributed by atoms with Gasteiger partial charge in [-0.25, -0.2) is 0 Å². The van der Waals surface area contributed by atoms with E-state index in [9.17, 15) is 5.11 Å². The van der Waals surface area contributed by atoms with Gasteiger partial charge in [-0.05, 0) is 37.9 Å². The summed E-state index contributed by atoms with van der Waals surface area (Å²) in [6, 6.07) is 0. The van der Waals surface area contributed by atoms with Crippen LogP contribution in [0.15, 0.2) is 0 Å². The highest BCUT2D eigenvalue weighted by molar-refractivity contribution is 7.99. The Morgan fingerprint density at radius 2 is 2.46 bits per heavy atom. The van der Waals surface area contributed by atoms with Crippen LogP contribution in [0.4, 0.5) is 0 Å². The van der Waals surface area contributed by atoms with Gasteiger partial charge in [-0.2, -0.15) is 11.8 Å². The number of thioether (sulfide) groups is 1. The largest absolute Gasteiger partial charge is 0.389 e. The molecule has 13 heavy (non-hydrogen) atoms. The molecule has 2 unspecified atom stereocenters. The summed E-state index contributed by atoms with van der Waals surface area (Å²) in [7, 11) is 0. The van der Waals surface area contributed by atoms with E-state index in [-0.39, 0.29) is 5.60 Å². The van der Waals surface area contributed by atoms with Gasteiger partial charge in [0.1, 0.15) is 0 Å². The van der Waals surface area contributed by atoms with E-state index in [4.69, 9.17) is 4.74 Å². The third kappa shape index (κ3) is 2.61. The standard InChI is InChI=1S/C10H18O2S/c11-10(5-7-13-8-10)4-3-9-2-1-6-12-9/h9,11H,1-8H2. The minimum Gasteiger partial charge on any atom is -0.389 e. The fourth-order valence-corrected chi connectivity index (χ4v) is 3.43. The van der Waals surface area contributed by atoms with E-state index in [1.807, 2.05) is 11.8 Å². The molecular weight excluding hydrogens is 184 g/mol. The van der Waals surface area contributed by atoms with Gasteiger partial charge in [0.15, 0.2) is 0 Å². The summed E-state index contributed by atoms with van der Waals surface area (Å²) >= 11 is 1.87. The molecule has 0 amide bonds. The van der Waals surface area contributed by atoms with Crippen LogP contribution in [0.1, 0.15) is 32.1 Å². The Hall–Kier alpha value is 0.270. The zero-order chi connectivity index (χ0) is 9.15. The van der Waals surface area contributed by atoms with Crippen molar-refractivity contribution in [2.45, 2.75) is 43.8 Å². The van der Waals surface area contributed by atoms with Crippen molar-refractivity contribution in [3.8, 4) is 0 Å². The zero-order valence-corrected chi connectivity index (χ0v) is 8.81. The molecule has 1 N–H and O–H groups in total. The van der Waals surface area contributed by atoms with Crippen molar-refractivity contribution in [1.82, 2.24) is 0 Å². The van der Waals surface area contributed by atoms with E-state index < -0.39 is 0 Å². The molecule has 2 fully saturated rings. The van der Waals surface area contributed by atoms with Crippen molar-refractivity contribution in [2.24, 2.45) is 0 Å². The lowest BCUT2D eigenvalue weighted by Gasteiger charge is -2.22. The second kappa shape index (κ2) is 4.20. The van der Waals surface area contributed by atoms with Crippen LogP contribution in [0.25, 0.3) is 0 Å². The van der Waals surface area contributed by atoms with Gasteiger partial charge in [0.05, 0.1) is 11.7 Å². The molecule has 0 radical (unpaired) electrons. The molecule has 0 aromatic rings. The van der Waals surface area contributed by atoms with Crippen molar-refractivity contribution in [3.05, 3.63) is 0 Å². The summed E-state index contributed by atoms with van der Waals surface area (Å²) in [5.41, 5.74) is -0.364. The van der Waals surface area contributed by atoms with Gasteiger partial charge in [-0.3, -0.25) is 0 Å². The average Bonchev–Trinajstić information content (AvgIpc) is 2.72. The van der Waals surface area contributed by atoms with E-state index in [1.54, 1.807) is 0 Å². The van der Waals surface area contributed by atoms with Gasteiger partial charge in [0.2, 0.25) is 0 Å². The van der Waals surface area contributed by atoms with Crippen molar-refractivity contribution in [2.75, 3.05) is 18.1 Å². The van der Waals surface area contributed by atoms with Crippen LogP contribution in [0.5, 0.6) is 0 Å². The lowest BCUT2D eigenvalue weighted by atomic mass is 9.95. The fraction of sp³-hybridized carbons (Fsp3) is 1.00. The Kier molecular flexibility index (Phi) is 3.17.